The number of aromatic nitrogens is 2. The van der Waals surface area contributed by atoms with E-state index in [4.69, 9.17) is 4.74 Å². The van der Waals surface area contributed by atoms with E-state index in [0.717, 1.165) is 11.3 Å². The zero-order valence-corrected chi connectivity index (χ0v) is 16.8. The summed E-state index contributed by atoms with van der Waals surface area (Å²) in [6.45, 7) is 9.26. The summed E-state index contributed by atoms with van der Waals surface area (Å²) in [7, 11) is 3.60. The number of alkyl carbamates (subject to hydrolysis) is 1. The third-order valence-corrected chi connectivity index (χ3v) is 3.57. The van der Waals surface area contributed by atoms with Gasteiger partial charge in [-0.3, -0.25) is 0 Å². The van der Waals surface area contributed by atoms with Gasteiger partial charge in [-0.1, -0.05) is 12.1 Å². The molecule has 0 saturated carbocycles. The quantitative estimate of drug-likeness (QED) is 0.742. The van der Waals surface area contributed by atoms with Gasteiger partial charge in [0.2, 0.25) is 0 Å². The van der Waals surface area contributed by atoms with Crippen LogP contribution in [-0.2, 0) is 11.3 Å². The van der Waals surface area contributed by atoms with E-state index in [9.17, 15) is 10.1 Å². The molecule has 0 radical (unpaired) electrons. The molecule has 1 aromatic carbocycles. The Labute approximate surface area is 164 Å². The number of rotatable bonds is 6. The number of ether oxygens (including phenoxy) is 1. The molecule has 2 aromatic rings. The van der Waals surface area contributed by atoms with E-state index in [2.05, 4.69) is 33.6 Å². The number of anilines is 3. The molecule has 148 valence electrons. The fourth-order valence-electron chi connectivity index (χ4n) is 2.42. The van der Waals surface area contributed by atoms with E-state index in [0.29, 0.717) is 23.7 Å². The highest BCUT2D eigenvalue weighted by atomic mass is 16.6. The molecule has 0 saturated heterocycles. The molecule has 0 aliphatic heterocycles. The second-order valence-electron chi connectivity index (χ2n) is 7.26. The first-order chi connectivity index (χ1) is 13.1. The minimum Gasteiger partial charge on any atom is -0.444 e. The third kappa shape index (κ3) is 5.23. The van der Waals surface area contributed by atoms with Crippen LogP contribution in [0.15, 0.2) is 29.4 Å². The van der Waals surface area contributed by atoms with Gasteiger partial charge in [0.15, 0.2) is 11.6 Å². The molecule has 1 heterocycles. The van der Waals surface area contributed by atoms with Gasteiger partial charge in [0.1, 0.15) is 17.2 Å². The van der Waals surface area contributed by atoms with Crippen molar-refractivity contribution in [3.63, 3.8) is 0 Å². The largest absolute Gasteiger partial charge is 0.444 e. The summed E-state index contributed by atoms with van der Waals surface area (Å²) in [5.41, 5.74) is 1.49. The molecule has 0 atom stereocenters. The first kappa shape index (κ1) is 20.8. The Morgan fingerprint density at radius 1 is 1.36 bits per heavy atom. The van der Waals surface area contributed by atoms with E-state index >= 15 is 0 Å². The zero-order valence-electron chi connectivity index (χ0n) is 16.8. The maximum atomic E-state index is 11.7. The second-order valence-corrected chi connectivity index (χ2v) is 7.26. The molecular formula is C19H25N7O2. The smallest absolute Gasteiger partial charge is 0.407 e. The number of nitrogens with zero attached hydrogens (tertiary/aromatic N) is 5. The second kappa shape index (κ2) is 8.43. The summed E-state index contributed by atoms with van der Waals surface area (Å²) in [4.78, 5) is 14.8. The first-order valence-corrected chi connectivity index (χ1v) is 8.65. The maximum Gasteiger partial charge on any atom is 0.407 e. The number of hydrogen-bond donors (Lipinski definition) is 2. The van der Waals surface area contributed by atoms with E-state index < -0.39 is 11.7 Å². The monoisotopic (exact) mass is 383 g/mol. The molecule has 0 bridgehead atoms. The van der Waals surface area contributed by atoms with Crippen LogP contribution < -0.4 is 15.5 Å². The lowest BCUT2D eigenvalue weighted by Crippen LogP contribution is -2.32. The highest BCUT2D eigenvalue weighted by Crippen LogP contribution is 2.28. The van der Waals surface area contributed by atoms with Crippen molar-refractivity contribution in [3.8, 4) is 6.07 Å². The molecule has 0 unspecified atom stereocenters. The van der Waals surface area contributed by atoms with Gasteiger partial charge >= 0.3 is 6.09 Å². The number of nitrogens with one attached hydrogen (secondary N) is 2. The first-order valence-electron chi connectivity index (χ1n) is 8.65. The lowest BCUT2D eigenvalue weighted by molar-refractivity contribution is 0.0523. The summed E-state index contributed by atoms with van der Waals surface area (Å²) in [6.07, 6.45) is -0.466. The number of nitriles is 1. The van der Waals surface area contributed by atoms with Crippen LogP contribution in [0.1, 0.15) is 31.9 Å². The lowest BCUT2D eigenvalue weighted by atomic mass is 10.2. The Morgan fingerprint density at radius 2 is 2.00 bits per heavy atom. The van der Waals surface area contributed by atoms with Gasteiger partial charge in [0, 0.05) is 33.0 Å². The Morgan fingerprint density at radius 3 is 2.50 bits per heavy atom. The van der Waals surface area contributed by atoms with Crippen LogP contribution in [0.3, 0.4) is 0 Å². The lowest BCUT2D eigenvalue weighted by Gasteiger charge is -2.19. The van der Waals surface area contributed by atoms with Crippen LogP contribution in [0.4, 0.5) is 22.1 Å². The van der Waals surface area contributed by atoms with Crippen molar-refractivity contribution in [2.24, 2.45) is 5.10 Å². The van der Waals surface area contributed by atoms with Crippen molar-refractivity contribution >= 4 is 30.1 Å². The molecule has 2 N–H and O–H groups in total. The van der Waals surface area contributed by atoms with Gasteiger partial charge in [0.05, 0.1) is 0 Å². The molecule has 9 heteroatoms. The fourth-order valence-corrected chi connectivity index (χ4v) is 2.42. The minimum atomic E-state index is -0.536. The third-order valence-electron chi connectivity index (χ3n) is 3.57. The molecule has 1 amide bonds. The van der Waals surface area contributed by atoms with Crippen LogP contribution in [0.5, 0.6) is 0 Å². The average molecular weight is 383 g/mol. The SMILES string of the molecule is C=Nn1nc(Nc2ccc(CNC(=O)OC(C)(C)C)cc2)c(C#N)c1N(C)C. The van der Waals surface area contributed by atoms with Gasteiger partial charge in [-0.2, -0.15) is 10.4 Å². The van der Waals surface area contributed by atoms with Crippen LogP contribution in [0.25, 0.3) is 0 Å². The number of benzene rings is 1. The van der Waals surface area contributed by atoms with Gasteiger partial charge in [0.25, 0.3) is 0 Å². The Balaban J connectivity index is 2.08. The topological polar surface area (TPSA) is 108 Å². The van der Waals surface area contributed by atoms with Crippen LogP contribution in [0.2, 0.25) is 0 Å². The van der Waals surface area contributed by atoms with Crippen molar-refractivity contribution < 1.29 is 9.53 Å². The highest BCUT2D eigenvalue weighted by Gasteiger charge is 2.19. The summed E-state index contributed by atoms with van der Waals surface area (Å²) in [6, 6.07) is 9.54. The van der Waals surface area contributed by atoms with Crippen molar-refractivity contribution in [2.45, 2.75) is 32.9 Å². The molecule has 2 rings (SSSR count). The average Bonchev–Trinajstić information content (AvgIpc) is 2.97. The van der Waals surface area contributed by atoms with Gasteiger partial charge < -0.3 is 20.3 Å². The predicted octanol–water partition coefficient (Wildman–Crippen LogP) is 3.05. The van der Waals surface area contributed by atoms with Crippen LogP contribution in [0, 0.1) is 11.3 Å². The summed E-state index contributed by atoms with van der Waals surface area (Å²) < 4.78 is 5.21. The minimum absolute atomic E-state index is 0.346. The Bertz CT molecular complexity index is 887. The standard InChI is InChI=1S/C19H25N7O2/c1-19(2,3)28-18(27)22-12-13-7-9-14(10-8-13)23-16-15(11-20)17(25(5)6)26(21-4)24-16/h7-10H,4,12H2,1-3,5-6H3,(H,22,27)(H,23,24). The van der Waals surface area contributed by atoms with Gasteiger partial charge in [-0.05, 0) is 38.5 Å². The zero-order chi connectivity index (χ0) is 20.9. The van der Waals surface area contributed by atoms with Crippen LogP contribution >= 0.6 is 0 Å². The van der Waals surface area contributed by atoms with Crippen molar-refractivity contribution in [1.29, 1.82) is 5.26 Å². The molecule has 1 aromatic heterocycles. The normalized spacial score (nSPS) is 10.7. The van der Waals surface area contributed by atoms with Gasteiger partial charge in [-0.15, -0.1) is 9.89 Å². The number of carbonyl (C=O) groups is 1. The predicted molar refractivity (Wildman–Crippen MR) is 109 cm³/mol. The molecule has 0 fully saturated rings. The number of amides is 1. The molecule has 28 heavy (non-hydrogen) atoms. The maximum absolute atomic E-state index is 11.7. The molecule has 0 aliphatic rings. The van der Waals surface area contributed by atoms with Gasteiger partial charge in [-0.25, -0.2) is 4.79 Å². The fraction of sp³-hybridized carbons (Fsp3) is 0.368. The highest BCUT2D eigenvalue weighted by molar-refractivity contribution is 5.71. The summed E-state index contributed by atoms with van der Waals surface area (Å²) in [5.74, 6) is 0.927. The Hall–Kier alpha value is -3.54. The van der Waals surface area contributed by atoms with Crippen molar-refractivity contribution in [2.75, 3.05) is 24.3 Å². The number of carbonyl (C=O) groups excluding carboxylic acids is 1. The molecule has 0 aliphatic carbocycles. The molecular weight excluding hydrogens is 358 g/mol. The molecule has 9 nitrogen and oxygen atoms in total. The number of hydrogen-bond acceptors (Lipinski definition) is 7. The van der Waals surface area contributed by atoms with Crippen molar-refractivity contribution in [1.82, 2.24) is 15.2 Å². The summed E-state index contributed by atoms with van der Waals surface area (Å²) in [5, 5.41) is 23.4. The van der Waals surface area contributed by atoms with Crippen LogP contribution in [-0.4, -0.2) is 42.4 Å². The summed E-state index contributed by atoms with van der Waals surface area (Å²) >= 11 is 0. The molecule has 0 spiro atoms. The van der Waals surface area contributed by atoms with E-state index in [-0.39, 0.29) is 0 Å². The van der Waals surface area contributed by atoms with E-state index in [1.165, 1.54) is 4.79 Å². The van der Waals surface area contributed by atoms with E-state index in [1.807, 2.05) is 45.0 Å². The van der Waals surface area contributed by atoms with Crippen molar-refractivity contribution in [3.05, 3.63) is 35.4 Å². The Kier molecular flexibility index (Phi) is 6.26. The van der Waals surface area contributed by atoms with E-state index in [1.54, 1.807) is 19.0 Å².